The van der Waals surface area contributed by atoms with Gasteiger partial charge in [-0.05, 0) is 178 Å². The molecule has 0 spiro atoms. The molecule has 0 nitrogen and oxygen atoms in total. The third-order valence-electron chi connectivity index (χ3n) is 14.5. The molecule has 0 aliphatic rings. The lowest BCUT2D eigenvalue weighted by molar-refractivity contribution is 1.65. The predicted molar refractivity (Wildman–Crippen MR) is 294 cm³/mol. The maximum atomic E-state index is 2.40. The molecule has 0 atom stereocenters. The van der Waals surface area contributed by atoms with E-state index in [1.165, 1.54) is 142 Å². The van der Waals surface area contributed by atoms with Gasteiger partial charge in [-0.2, -0.15) is 0 Å². The van der Waals surface area contributed by atoms with Crippen molar-refractivity contribution in [3.05, 3.63) is 255 Å². The van der Waals surface area contributed by atoms with Crippen molar-refractivity contribution in [3.8, 4) is 55.6 Å². The Kier molecular flexibility index (Phi) is 8.69. The van der Waals surface area contributed by atoms with Gasteiger partial charge in [-0.25, -0.2) is 0 Å². The lowest BCUT2D eigenvalue weighted by atomic mass is 9.85. The van der Waals surface area contributed by atoms with Crippen molar-refractivity contribution in [1.82, 2.24) is 0 Å². The van der Waals surface area contributed by atoms with E-state index in [4.69, 9.17) is 0 Å². The van der Waals surface area contributed by atoms with Crippen molar-refractivity contribution in [2.24, 2.45) is 0 Å². The Morgan fingerprint density at radius 1 is 0.132 bits per heavy atom. The molecule has 0 radical (unpaired) electrons. The smallest absolute Gasteiger partial charge is 0.00262 e. The first-order valence-corrected chi connectivity index (χ1v) is 23.6. The van der Waals surface area contributed by atoms with Gasteiger partial charge in [0.05, 0.1) is 0 Å². The summed E-state index contributed by atoms with van der Waals surface area (Å²) in [5.74, 6) is 0. The van der Waals surface area contributed by atoms with Gasteiger partial charge in [0.25, 0.3) is 0 Å². The molecule has 0 aromatic heterocycles. The predicted octanol–water partition coefficient (Wildman–Crippen LogP) is 19.2. The second-order valence-electron chi connectivity index (χ2n) is 18.4. The Balaban J connectivity index is 0.891. The van der Waals surface area contributed by atoms with E-state index in [0.717, 1.165) is 0 Å². The molecule has 14 rings (SSSR count). The first-order chi connectivity index (χ1) is 33.7. The molecule has 0 saturated carbocycles. The van der Waals surface area contributed by atoms with Gasteiger partial charge < -0.3 is 0 Å². The average molecular weight is 859 g/mol. The Hall–Kier alpha value is -8.84. The quantitative estimate of drug-likeness (QED) is 0.151. The zero-order chi connectivity index (χ0) is 44.7. The van der Waals surface area contributed by atoms with E-state index >= 15 is 0 Å². The van der Waals surface area contributed by atoms with E-state index in [9.17, 15) is 0 Å². The van der Waals surface area contributed by atoms with Crippen LogP contribution in [0.4, 0.5) is 0 Å². The van der Waals surface area contributed by atoms with Crippen LogP contribution in [0.3, 0.4) is 0 Å². The van der Waals surface area contributed by atoms with Crippen LogP contribution in [0.2, 0.25) is 0 Å². The summed E-state index contributed by atoms with van der Waals surface area (Å²) >= 11 is 0. The SMILES string of the molecule is c1ccc2cc(-c3c4ccccc4c(-c4ccc5ccc(-c6ccc7ccc(-c8c9ccccc9c(-c9ccc%10ccccc%10c9)c9ccccc89)cc7c6)cc5c4)c4ccccc34)ccc2c1. The molecule has 0 bridgehead atoms. The minimum absolute atomic E-state index is 1.21. The number of hydrogen-bond acceptors (Lipinski definition) is 0. The highest BCUT2D eigenvalue weighted by atomic mass is 14.2. The minimum Gasteiger partial charge on any atom is -0.0616 e. The van der Waals surface area contributed by atoms with Gasteiger partial charge in [0.1, 0.15) is 0 Å². The molecule has 0 heterocycles. The first-order valence-electron chi connectivity index (χ1n) is 23.6. The van der Waals surface area contributed by atoms with Crippen molar-refractivity contribution < 1.29 is 0 Å². The maximum Gasteiger partial charge on any atom is -0.00262 e. The van der Waals surface area contributed by atoms with Crippen LogP contribution < -0.4 is 0 Å². The summed E-state index contributed by atoms with van der Waals surface area (Å²) in [6, 6.07) is 94.8. The van der Waals surface area contributed by atoms with Crippen molar-refractivity contribution in [2.75, 3.05) is 0 Å². The topological polar surface area (TPSA) is 0 Å². The molecule has 14 aromatic rings. The summed E-state index contributed by atoms with van der Waals surface area (Å²) < 4.78 is 0. The van der Waals surface area contributed by atoms with Crippen molar-refractivity contribution >= 4 is 86.2 Å². The van der Waals surface area contributed by atoms with Gasteiger partial charge in [-0.3, -0.25) is 0 Å². The number of benzene rings is 14. The van der Waals surface area contributed by atoms with Crippen LogP contribution >= 0.6 is 0 Å². The standard InChI is InChI=1S/C68H42/c1-3-15-47-37-51(33-27-43(47)13-1)65-57-17-5-9-21-61(57)67(62-22-10-6-18-58(62)65)53-35-29-45-25-31-49(39-55(45)41-53)50-32-26-46-30-36-54(42-56(46)40-50)68-63-23-11-7-19-59(63)66(60-20-8-12-24-64(60)68)52-34-28-44-14-2-4-16-48(44)38-52/h1-42H. The summed E-state index contributed by atoms with van der Waals surface area (Å²) in [6.07, 6.45) is 0. The molecule has 0 heteroatoms. The maximum absolute atomic E-state index is 2.40. The van der Waals surface area contributed by atoms with Gasteiger partial charge in [0.15, 0.2) is 0 Å². The molecule has 0 N–H and O–H groups in total. The lowest BCUT2D eigenvalue weighted by Crippen LogP contribution is -1.91. The highest BCUT2D eigenvalue weighted by Crippen LogP contribution is 2.47. The number of fused-ring (bicyclic) bond motifs is 8. The molecule has 0 amide bonds. The molecule has 0 aliphatic heterocycles. The molecule has 314 valence electrons. The molecule has 0 fully saturated rings. The van der Waals surface area contributed by atoms with E-state index in [1.54, 1.807) is 0 Å². The highest BCUT2D eigenvalue weighted by molar-refractivity contribution is 6.23. The van der Waals surface area contributed by atoms with Gasteiger partial charge in [-0.15, -0.1) is 0 Å². The molecule has 0 aliphatic carbocycles. The lowest BCUT2D eigenvalue weighted by Gasteiger charge is -2.18. The van der Waals surface area contributed by atoms with Crippen molar-refractivity contribution in [3.63, 3.8) is 0 Å². The summed E-state index contributed by atoms with van der Waals surface area (Å²) in [4.78, 5) is 0. The van der Waals surface area contributed by atoms with Gasteiger partial charge >= 0.3 is 0 Å². The Bertz CT molecular complexity index is 3980. The molecule has 0 unspecified atom stereocenters. The van der Waals surface area contributed by atoms with Crippen LogP contribution in [0, 0.1) is 0 Å². The Morgan fingerprint density at radius 2 is 0.324 bits per heavy atom. The largest absolute Gasteiger partial charge is 0.0616 e. The Morgan fingerprint density at radius 3 is 0.603 bits per heavy atom. The summed E-state index contributed by atoms with van der Waals surface area (Å²) in [6.45, 7) is 0. The highest BCUT2D eigenvalue weighted by Gasteiger charge is 2.19. The van der Waals surface area contributed by atoms with Crippen molar-refractivity contribution in [1.29, 1.82) is 0 Å². The van der Waals surface area contributed by atoms with Crippen LogP contribution in [-0.2, 0) is 0 Å². The molecule has 0 saturated heterocycles. The molecule has 14 aromatic carbocycles. The fraction of sp³-hybridized carbons (Fsp3) is 0. The van der Waals surface area contributed by atoms with Crippen LogP contribution in [0.1, 0.15) is 0 Å². The van der Waals surface area contributed by atoms with Gasteiger partial charge in [0.2, 0.25) is 0 Å². The minimum atomic E-state index is 1.21. The van der Waals surface area contributed by atoms with E-state index < -0.39 is 0 Å². The van der Waals surface area contributed by atoms with Crippen LogP contribution in [0.15, 0.2) is 255 Å². The van der Waals surface area contributed by atoms with E-state index in [0.29, 0.717) is 0 Å². The first kappa shape index (κ1) is 38.4. The van der Waals surface area contributed by atoms with Crippen LogP contribution in [-0.4, -0.2) is 0 Å². The zero-order valence-electron chi connectivity index (χ0n) is 37.2. The molecular formula is C68H42. The molecular weight excluding hydrogens is 817 g/mol. The van der Waals surface area contributed by atoms with Crippen LogP contribution in [0.25, 0.3) is 142 Å². The van der Waals surface area contributed by atoms with Crippen LogP contribution in [0.5, 0.6) is 0 Å². The zero-order valence-corrected chi connectivity index (χ0v) is 37.2. The van der Waals surface area contributed by atoms with Gasteiger partial charge in [0, 0.05) is 0 Å². The van der Waals surface area contributed by atoms with Crippen molar-refractivity contribution in [2.45, 2.75) is 0 Å². The summed E-state index contributed by atoms with van der Waals surface area (Å²) in [5, 5.41) is 20.1. The fourth-order valence-electron chi connectivity index (χ4n) is 11.4. The summed E-state index contributed by atoms with van der Waals surface area (Å²) in [7, 11) is 0. The molecule has 68 heavy (non-hydrogen) atoms. The van der Waals surface area contributed by atoms with Gasteiger partial charge in [-0.1, -0.05) is 218 Å². The monoisotopic (exact) mass is 858 g/mol. The number of hydrogen-bond donors (Lipinski definition) is 0. The fourth-order valence-corrected chi connectivity index (χ4v) is 11.4. The van der Waals surface area contributed by atoms with E-state index in [2.05, 4.69) is 255 Å². The summed E-state index contributed by atoms with van der Waals surface area (Å²) in [5.41, 5.74) is 12.5. The third-order valence-corrected chi connectivity index (χ3v) is 14.5. The second kappa shape index (κ2) is 15.4. The van der Waals surface area contributed by atoms with E-state index in [-0.39, 0.29) is 0 Å². The average Bonchev–Trinajstić information content (AvgIpc) is 3.40. The number of rotatable bonds is 5. The van der Waals surface area contributed by atoms with E-state index in [1.807, 2.05) is 0 Å². The third kappa shape index (κ3) is 6.15. The Labute approximate surface area is 394 Å². The normalized spacial score (nSPS) is 11.8. The second-order valence-corrected chi connectivity index (χ2v) is 18.4.